The molecule has 0 aliphatic rings. The van der Waals surface area contributed by atoms with E-state index in [1.807, 2.05) is 49.2 Å². The van der Waals surface area contributed by atoms with Gasteiger partial charge in [-0.15, -0.1) is 0 Å². The number of rotatable bonds is 10. The van der Waals surface area contributed by atoms with E-state index in [4.69, 9.17) is 14.0 Å². The van der Waals surface area contributed by atoms with Gasteiger partial charge in [-0.1, -0.05) is 17.3 Å². The maximum atomic E-state index is 12.1. The van der Waals surface area contributed by atoms with Gasteiger partial charge in [0.25, 0.3) is 0 Å². The molecule has 2 rings (SSSR count). The van der Waals surface area contributed by atoms with Crippen LogP contribution in [0.15, 0.2) is 34.9 Å². The number of aromatic nitrogens is 1. The van der Waals surface area contributed by atoms with E-state index >= 15 is 0 Å². The first-order valence-corrected chi connectivity index (χ1v) is 8.15. The van der Waals surface area contributed by atoms with E-state index in [2.05, 4.69) is 10.5 Å². The summed E-state index contributed by atoms with van der Waals surface area (Å²) in [7, 11) is 3.50. The van der Waals surface area contributed by atoms with Crippen LogP contribution in [0.5, 0.6) is 5.75 Å². The summed E-state index contributed by atoms with van der Waals surface area (Å²) in [6, 6.07) is 9.52. The summed E-state index contributed by atoms with van der Waals surface area (Å²) in [6.07, 6.45) is 0. The van der Waals surface area contributed by atoms with Crippen molar-refractivity contribution in [3.05, 3.63) is 47.3 Å². The van der Waals surface area contributed by atoms with Gasteiger partial charge in [0.05, 0.1) is 18.8 Å². The predicted molar refractivity (Wildman–Crippen MR) is 93.2 cm³/mol. The highest BCUT2D eigenvalue weighted by molar-refractivity contribution is 5.77. The topological polar surface area (TPSA) is 76.8 Å². The van der Waals surface area contributed by atoms with Crippen molar-refractivity contribution in [3.8, 4) is 5.75 Å². The molecule has 0 unspecified atom stereocenters. The Balaban J connectivity index is 1.74. The largest absolute Gasteiger partial charge is 0.491 e. The molecule has 7 heteroatoms. The van der Waals surface area contributed by atoms with Gasteiger partial charge in [-0.25, -0.2) is 0 Å². The molecule has 0 fully saturated rings. The predicted octanol–water partition coefficient (Wildman–Crippen LogP) is 1.76. The Kier molecular flexibility index (Phi) is 7.43. The number of ether oxygens (including phenoxy) is 2. The quantitative estimate of drug-likeness (QED) is 0.660. The third-order valence-electron chi connectivity index (χ3n) is 3.47. The van der Waals surface area contributed by atoms with E-state index < -0.39 is 0 Å². The lowest BCUT2D eigenvalue weighted by Gasteiger charge is -2.15. The number of hydrogen-bond acceptors (Lipinski definition) is 6. The second-order valence-corrected chi connectivity index (χ2v) is 5.87. The van der Waals surface area contributed by atoms with Crippen molar-refractivity contribution in [2.45, 2.75) is 20.0 Å². The molecule has 136 valence electrons. The minimum absolute atomic E-state index is 0.0478. The van der Waals surface area contributed by atoms with E-state index in [-0.39, 0.29) is 12.5 Å². The zero-order chi connectivity index (χ0) is 18.1. The third kappa shape index (κ3) is 6.94. The summed E-state index contributed by atoms with van der Waals surface area (Å²) in [4.78, 5) is 14.0. The summed E-state index contributed by atoms with van der Waals surface area (Å²) in [5.41, 5.74) is 1.80. The van der Waals surface area contributed by atoms with Crippen LogP contribution in [-0.4, -0.2) is 49.9 Å². The molecule has 1 aromatic carbocycles. The molecule has 0 radical (unpaired) electrons. The van der Waals surface area contributed by atoms with Crippen molar-refractivity contribution >= 4 is 5.91 Å². The Bertz CT molecular complexity index is 672. The molecule has 25 heavy (non-hydrogen) atoms. The van der Waals surface area contributed by atoms with Gasteiger partial charge in [0, 0.05) is 26.3 Å². The number of benzene rings is 1. The Hall–Kier alpha value is -2.38. The highest BCUT2D eigenvalue weighted by Gasteiger charge is 2.09. The second kappa shape index (κ2) is 9.80. The fourth-order valence-electron chi connectivity index (χ4n) is 2.31. The molecular formula is C18H25N3O4. The minimum Gasteiger partial charge on any atom is -0.491 e. The number of nitrogens with one attached hydrogen (secondary N) is 1. The lowest BCUT2D eigenvalue weighted by atomic mass is 10.2. The molecular weight excluding hydrogens is 322 g/mol. The summed E-state index contributed by atoms with van der Waals surface area (Å²) < 4.78 is 15.5. The summed E-state index contributed by atoms with van der Waals surface area (Å²) in [5.74, 6) is 1.48. The molecule has 0 aliphatic heterocycles. The molecule has 0 atom stereocenters. The average Bonchev–Trinajstić information content (AvgIpc) is 2.98. The van der Waals surface area contributed by atoms with Crippen LogP contribution in [0.4, 0.5) is 0 Å². The molecule has 0 spiro atoms. The van der Waals surface area contributed by atoms with Gasteiger partial charge in [-0.2, -0.15) is 0 Å². The number of hydrogen-bond donors (Lipinski definition) is 1. The Morgan fingerprint density at radius 2 is 2.16 bits per heavy atom. The molecule has 0 aliphatic carbocycles. The lowest BCUT2D eigenvalue weighted by molar-refractivity contribution is -0.122. The van der Waals surface area contributed by atoms with Crippen molar-refractivity contribution in [3.63, 3.8) is 0 Å². The van der Waals surface area contributed by atoms with E-state index in [0.717, 1.165) is 22.8 Å². The van der Waals surface area contributed by atoms with Crippen LogP contribution >= 0.6 is 0 Å². The fourth-order valence-corrected chi connectivity index (χ4v) is 2.31. The molecule has 7 nitrogen and oxygen atoms in total. The number of methoxy groups -OCH3 is 1. The molecule has 2 aromatic rings. The van der Waals surface area contributed by atoms with E-state index in [1.165, 1.54) is 0 Å². The number of nitrogens with zero attached hydrogens (tertiary/aromatic N) is 2. The molecule has 1 N–H and O–H groups in total. The third-order valence-corrected chi connectivity index (χ3v) is 3.47. The SMILES string of the molecule is COCCOc1cccc(CNC(=O)CN(C)Cc2cc(C)on2)c1. The number of aryl methyl sites for hydroxylation is 1. The Labute approximate surface area is 147 Å². The molecule has 1 heterocycles. The van der Waals surface area contributed by atoms with Crippen molar-refractivity contribution in [2.24, 2.45) is 0 Å². The van der Waals surface area contributed by atoms with Crippen molar-refractivity contribution in [1.29, 1.82) is 0 Å². The van der Waals surface area contributed by atoms with Crippen molar-refractivity contribution in [1.82, 2.24) is 15.4 Å². The first-order chi connectivity index (χ1) is 12.1. The number of carbonyl (C=O) groups is 1. The van der Waals surface area contributed by atoms with Crippen LogP contribution < -0.4 is 10.1 Å². The van der Waals surface area contributed by atoms with Crippen molar-refractivity contribution < 1.29 is 18.8 Å². The Morgan fingerprint density at radius 3 is 2.88 bits per heavy atom. The van der Waals surface area contributed by atoms with Gasteiger partial charge in [0.1, 0.15) is 18.1 Å². The zero-order valence-corrected chi connectivity index (χ0v) is 14.9. The monoisotopic (exact) mass is 347 g/mol. The molecule has 1 amide bonds. The van der Waals surface area contributed by atoms with Gasteiger partial charge in [0.2, 0.25) is 5.91 Å². The number of carbonyl (C=O) groups excluding carboxylic acids is 1. The van der Waals surface area contributed by atoms with E-state index in [1.54, 1.807) is 7.11 Å². The fraction of sp³-hybridized carbons (Fsp3) is 0.444. The summed E-state index contributed by atoms with van der Waals surface area (Å²) in [5, 5.41) is 6.84. The van der Waals surface area contributed by atoms with Gasteiger partial charge in [0.15, 0.2) is 0 Å². The second-order valence-electron chi connectivity index (χ2n) is 5.87. The van der Waals surface area contributed by atoms with Crippen LogP contribution in [0.3, 0.4) is 0 Å². The van der Waals surface area contributed by atoms with Crippen LogP contribution in [0.25, 0.3) is 0 Å². The van der Waals surface area contributed by atoms with Crippen LogP contribution in [-0.2, 0) is 22.6 Å². The molecule has 0 saturated heterocycles. The number of likely N-dealkylation sites (N-methyl/N-ethyl adjacent to an activating group) is 1. The lowest BCUT2D eigenvalue weighted by Crippen LogP contribution is -2.34. The summed E-state index contributed by atoms with van der Waals surface area (Å²) in [6.45, 7) is 4.19. The zero-order valence-electron chi connectivity index (χ0n) is 14.9. The van der Waals surface area contributed by atoms with E-state index in [0.29, 0.717) is 26.3 Å². The minimum atomic E-state index is -0.0478. The maximum Gasteiger partial charge on any atom is 0.234 e. The highest BCUT2D eigenvalue weighted by atomic mass is 16.5. The van der Waals surface area contributed by atoms with Gasteiger partial charge in [-0.05, 0) is 31.7 Å². The van der Waals surface area contributed by atoms with Crippen LogP contribution in [0.1, 0.15) is 17.0 Å². The van der Waals surface area contributed by atoms with Crippen LogP contribution in [0, 0.1) is 6.92 Å². The first-order valence-electron chi connectivity index (χ1n) is 8.15. The Morgan fingerprint density at radius 1 is 1.32 bits per heavy atom. The van der Waals surface area contributed by atoms with Crippen LogP contribution in [0.2, 0.25) is 0 Å². The van der Waals surface area contributed by atoms with Gasteiger partial charge >= 0.3 is 0 Å². The molecule has 1 aromatic heterocycles. The maximum absolute atomic E-state index is 12.1. The van der Waals surface area contributed by atoms with Gasteiger partial charge in [-0.3, -0.25) is 9.69 Å². The van der Waals surface area contributed by atoms with E-state index in [9.17, 15) is 4.79 Å². The number of amides is 1. The standard InChI is InChI=1S/C18H25N3O4/c1-14-9-16(20-25-14)12-21(2)13-18(22)19-11-15-5-4-6-17(10-15)24-8-7-23-3/h4-6,9-10H,7-8,11-13H2,1-3H3,(H,19,22). The normalized spacial score (nSPS) is 10.9. The highest BCUT2D eigenvalue weighted by Crippen LogP contribution is 2.13. The molecule has 0 saturated carbocycles. The molecule has 0 bridgehead atoms. The summed E-state index contributed by atoms with van der Waals surface area (Å²) >= 11 is 0. The average molecular weight is 347 g/mol. The smallest absolute Gasteiger partial charge is 0.234 e. The van der Waals surface area contributed by atoms with Crippen molar-refractivity contribution in [2.75, 3.05) is 33.9 Å². The van der Waals surface area contributed by atoms with Gasteiger partial charge < -0.3 is 19.3 Å². The first kappa shape index (κ1) is 19.0.